The number of nitrogens with zero attached hydrogens (tertiary/aromatic N) is 1. The monoisotopic (exact) mass is 401 g/mol. The van der Waals surface area contributed by atoms with Gasteiger partial charge in [-0.15, -0.1) is 11.8 Å². The highest BCUT2D eigenvalue weighted by molar-refractivity contribution is 8.00. The van der Waals surface area contributed by atoms with Crippen molar-refractivity contribution in [1.82, 2.24) is 4.98 Å². The van der Waals surface area contributed by atoms with Crippen LogP contribution in [0.15, 0.2) is 47.4 Å². The van der Waals surface area contributed by atoms with E-state index >= 15 is 0 Å². The van der Waals surface area contributed by atoms with E-state index in [2.05, 4.69) is 15.6 Å². The van der Waals surface area contributed by atoms with Gasteiger partial charge in [0.2, 0.25) is 11.8 Å². The van der Waals surface area contributed by atoms with Gasteiger partial charge in [-0.25, -0.2) is 4.98 Å². The Morgan fingerprint density at radius 1 is 1.19 bits per heavy atom. The van der Waals surface area contributed by atoms with Gasteiger partial charge >= 0.3 is 0 Å². The summed E-state index contributed by atoms with van der Waals surface area (Å²) in [4.78, 5) is 28.7. The van der Waals surface area contributed by atoms with Crippen LogP contribution in [0, 0.1) is 0 Å². The number of carbonyl (C=O) groups is 2. The lowest BCUT2D eigenvalue weighted by Gasteiger charge is -2.05. The number of carbonyl (C=O) groups excluding carboxylic acids is 2. The van der Waals surface area contributed by atoms with Gasteiger partial charge in [-0.2, -0.15) is 0 Å². The molecule has 0 spiro atoms. The second-order valence-corrected chi connectivity index (χ2v) is 7.71. The lowest BCUT2D eigenvalue weighted by Crippen LogP contribution is -2.13. The van der Waals surface area contributed by atoms with Gasteiger partial charge in [0.15, 0.2) is 5.13 Å². The van der Waals surface area contributed by atoms with Crippen LogP contribution in [0.5, 0.6) is 5.75 Å². The van der Waals surface area contributed by atoms with E-state index in [-0.39, 0.29) is 17.6 Å². The van der Waals surface area contributed by atoms with Gasteiger partial charge < -0.3 is 15.4 Å². The van der Waals surface area contributed by atoms with Crippen molar-refractivity contribution in [2.24, 2.45) is 0 Å². The predicted octanol–water partition coefficient (Wildman–Crippen LogP) is 4.38. The van der Waals surface area contributed by atoms with Gasteiger partial charge in [-0.3, -0.25) is 9.59 Å². The van der Waals surface area contributed by atoms with E-state index in [1.807, 2.05) is 49.4 Å². The molecule has 8 heteroatoms. The number of rotatable bonds is 7. The van der Waals surface area contributed by atoms with E-state index in [4.69, 9.17) is 4.74 Å². The summed E-state index contributed by atoms with van der Waals surface area (Å²) in [5, 5.41) is 6.13. The highest BCUT2D eigenvalue weighted by atomic mass is 32.2. The molecule has 0 aliphatic carbocycles. The minimum Gasteiger partial charge on any atom is -0.494 e. The second kappa shape index (κ2) is 8.88. The number of aromatic nitrogens is 1. The number of thiazole rings is 1. The molecule has 0 saturated heterocycles. The van der Waals surface area contributed by atoms with Crippen LogP contribution in [0.25, 0.3) is 10.2 Å². The molecule has 27 heavy (non-hydrogen) atoms. The molecule has 0 bridgehead atoms. The topological polar surface area (TPSA) is 80.3 Å². The molecule has 0 aliphatic rings. The fourth-order valence-corrected chi connectivity index (χ4v) is 4.05. The molecular weight excluding hydrogens is 382 g/mol. The molecular formula is C19H19N3O3S2. The number of amides is 2. The molecule has 2 N–H and O–H groups in total. The first-order valence-electron chi connectivity index (χ1n) is 8.37. The Hall–Kier alpha value is -2.58. The van der Waals surface area contributed by atoms with E-state index < -0.39 is 0 Å². The molecule has 0 unspecified atom stereocenters. The van der Waals surface area contributed by atoms with Gasteiger partial charge in [0.25, 0.3) is 0 Å². The first-order chi connectivity index (χ1) is 13.0. The van der Waals surface area contributed by atoms with Gasteiger partial charge in [0, 0.05) is 17.5 Å². The van der Waals surface area contributed by atoms with Crippen molar-refractivity contribution in [2.75, 3.05) is 23.0 Å². The maximum absolute atomic E-state index is 12.2. The van der Waals surface area contributed by atoms with E-state index in [9.17, 15) is 9.59 Å². The Bertz CT molecular complexity index is 972. The molecule has 3 rings (SSSR count). The average molecular weight is 402 g/mol. The molecule has 6 nitrogen and oxygen atoms in total. The molecule has 1 heterocycles. The zero-order valence-corrected chi connectivity index (χ0v) is 16.6. The molecule has 1 aromatic heterocycles. The molecule has 0 atom stereocenters. The number of nitrogens with one attached hydrogen (secondary N) is 2. The number of thioether (sulfide) groups is 1. The Labute approximate surface area is 165 Å². The fraction of sp³-hybridized carbons (Fsp3) is 0.211. The van der Waals surface area contributed by atoms with Crippen molar-refractivity contribution in [3.8, 4) is 5.75 Å². The maximum Gasteiger partial charge on any atom is 0.236 e. The Morgan fingerprint density at radius 2 is 2.04 bits per heavy atom. The lowest BCUT2D eigenvalue weighted by atomic mass is 10.3. The van der Waals surface area contributed by atoms with Gasteiger partial charge in [-0.1, -0.05) is 17.4 Å². The zero-order chi connectivity index (χ0) is 19.2. The summed E-state index contributed by atoms with van der Waals surface area (Å²) in [6.07, 6.45) is 0. The summed E-state index contributed by atoms with van der Waals surface area (Å²) in [6, 6.07) is 13.1. The van der Waals surface area contributed by atoms with Gasteiger partial charge in [0.05, 0.1) is 22.6 Å². The molecule has 0 fully saturated rings. The minimum atomic E-state index is -0.131. The summed E-state index contributed by atoms with van der Waals surface area (Å²) in [7, 11) is 0. The molecule has 2 aromatic carbocycles. The molecule has 2 amide bonds. The second-order valence-electron chi connectivity index (χ2n) is 5.63. The number of hydrogen-bond acceptors (Lipinski definition) is 6. The van der Waals surface area contributed by atoms with E-state index in [1.165, 1.54) is 30.0 Å². The number of benzene rings is 2. The van der Waals surface area contributed by atoms with Crippen molar-refractivity contribution in [2.45, 2.75) is 18.7 Å². The highest BCUT2D eigenvalue weighted by Crippen LogP contribution is 2.29. The SMILES string of the molecule is CCOc1ccc2nc(NC(=O)CSc3cccc(NC(C)=O)c3)sc2c1. The maximum atomic E-state index is 12.2. The van der Waals surface area contributed by atoms with Crippen LogP contribution in [0.2, 0.25) is 0 Å². The van der Waals surface area contributed by atoms with Crippen LogP contribution in [0.4, 0.5) is 10.8 Å². The molecule has 0 radical (unpaired) electrons. The van der Waals surface area contributed by atoms with Crippen molar-refractivity contribution in [3.63, 3.8) is 0 Å². The van der Waals surface area contributed by atoms with Crippen LogP contribution < -0.4 is 15.4 Å². The van der Waals surface area contributed by atoms with E-state index in [0.29, 0.717) is 17.4 Å². The molecule has 140 valence electrons. The summed E-state index contributed by atoms with van der Waals surface area (Å²) in [5.74, 6) is 0.789. The number of hydrogen-bond donors (Lipinski definition) is 2. The predicted molar refractivity (Wildman–Crippen MR) is 111 cm³/mol. The third-order valence-electron chi connectivity index (χ3n) is 3.44. The van der Waals surface area contributed by atoms with E-state index in [1.54, 1.807) is 0 Å². The van der Waals surface area contributed by atoms with Gasteiger partial charge in [-0.05, 0) is 43.3 Å². The highest BCUT2D eigenvalue weighted by Gasteiger charge is 2.10. The van der Waals surface area contributed by atoms with Gasteiger partial charge in [0.1, 0.15) is 5.75 Å². The molecule has 3 aromatic rings. The quantitative estimate of drug-likeness (QED) is 0.574. The third-order valence-corrected chi connectivity index (χ3v) is 5.37. The normalized spacial score (nSPS) is 10.6. The Morgan fingerprint density at radius 3 is 2.81 bits per heavy atom. The van der Waals surface area contributed by atoms with E-state index in [0.717, 1.165) is 20.9 Å². The van der Waals surface area contributed by atoms with Crippen LogP contribution in [0.1, 0.15) is 13.8 Å². The fourth-order valence-electron chi connectivity index (χ4n) is 2.39. The van der Waals surface area contributed by atoms with Crippen molar-refractivity contribution in [1.29, 1.82) is 0 Å². The van der Waals surface area contributed by atoms with Crippen molar-refractivity contribution >= 4 is 55.9 Å². The zero-order valence-electron chi connectivity index (χ0n) is 14.9. The Balaban J connectivity index is 1.59. The summed E-state index contributed by atoms with van der Waals surface area (Å²) in [5.41, 5.74) is 1.54. The third kappa shape index (κ3) is 5.45. The first-order valence-corrected chi connectivity index (χ1v) is 10.2. The summed E-state index contributed by atoms with van der Waals surface area (Å²) < 4.78 is 6.45. The number of ether oxygens (including phenoxy) is 1. The molecule has 0 aliphatic heterocycles. The lowest BCUT2D eigenvalue weighted by molar-refractivity contribution is -0.114. The molecule has 0 saturated carbocycles. The first kappa shape index (κ1) is 19.2. The minimum absolute atomic E-state index is 0.127. The van der Waals surface area contributed by atoms with Crippen LogP contribution >= 0.6 is 23.1 Å². The summed E-state index contributed by atoms with van der Waals surface area (Å²) in [6.45, 7) is 4.00. The number of anilines is 2. The van der Waals surface area contributed by atoms with Crippen LogP contribution in [-0.2, 0) is 9.59 Å². The van der Waals surface area contributed by atoms with Crippen LogP contribution in [-0.4, -0.2) is 29.2 Å². The smallest absolute Gasteiger partial charge is 0.236 e. The Kier molecular flexibility index (Phi) is 6.31. The van der Waals surface area contributed by atoms with Crippen molar-refractivity contribution < 1.29 is 14.3 Å². The summed E-state index contributed by atoms with van der Waals surface area (Å²) >= 11 is 2.82. The van der Waals surface area contributed by atoms with Crippen molar-refractivity contribution in [3.05, 3.63) is 42.5 Å². The standard InChI is InChI=1S/C19H19N3O3S2/c1-3-25-14-7-8-16-17(10-14)27-19(21-16)22-18(24)11-26-15-6-4-5-13(9-15)20-12(2)23/h4-10H,3,11H2,1-2H3,(H,20,23)(H,21,22,24). The average Bonchev–Trinajstić information content (AvgIpc) is 3.01. The largest absolute Gasteiger partial charge is 0.494 e. The number of fused-ring (bicyclic) bond motifs is 1. The van der Waals surface area contributed by atoms with Crippen LogP contribution in [0.3, 0.4) is 0 Å².